The summed E-state index contributed by atoms with van der Waals surface area (Å²) in [4.78, 5) is 34.5. The largest absolute Gasteiger partial charge is 0.334 e. The predicted molar refractivity (Wildman–Crippen MR) is 97.4 cm³/mol. The summed E-state index contributed by atoms with van der Waals surface area (Å²) in [5.41, 5.74) is 3.93. The second-order valence-corrected chi connectivity index (χ2v) is 6.34. The third kappa shape index (κ3) is 2.61. The van der Waals surface area contributed by atoms with Crippen molar-refractivity contribution in [3.8, 4) is 11.3 Å². The first-order chi connectivity index (χ1) is 12.2. The molecule has 0 saturated carbocycles. The topological polar surface area (TPSA) is 66.1 Å². The van der Waals surface area contributed by atoms with Crippen molar-refractivity contribution >= 4 is 16.9 Å². The minimum atomic E-state index is -0.230. The molecular weight excluding hydrogens is 314 g/mol. The normalized spacial score (nSPS) is 13.5. The van der Waals surface area contributed by atoms with Crippen molar-refractivity contribution in [2.45, 2.75) is 26.3 Å². The van der Waals surface area contributed by atoms with Crippen molar-refractivity contribution in [2.24, 2.45) is 0 Å². The molecule has 1 aliphatic rings. The number of hydrogen-bond acceptors (Lipinski definition) is 3. The van der Waals surface area contributed by atoms with Crippen molar-refractivity contribution in [3.63, 3.8) is 0 Å². The van der Waals surface area contributed by atoms with E-state index in [2.05, 4.69) is 16.9 Å². The third-order valence-corrected chi connectivity index (χ3v) is 4.68. The smallest absolute Gasteiger partial charge is 0.274 e. The molecule has 0 unspecified atom stereocenters. The first-order valence-corrected chi connectivity index (χ1v) is 8.59. The monoisotopic (exact) mass is 333 g/mol. The van der Waals surface area contributed by atoms with E-state index in [1.165, 1.54) is 0 Å². The summed E-state index contributed by atoms with van der Waals surface area (Å²) < 4.78 is 0. The van der Waals surface area contributed by atoms with Gasteiger partial charge in [-0.3, -0.25) is 9.59 Å². The molecule has 1 aliphatic heterocycles. The molecule has 25 heavy (non-hydrogen) atoms. The van der Waals surface area contributed by atoms with Crippen LogP contribution in [0.3, 0.4) is 0 Å². The number of fused-ring (bicyclic) bond motifs is 2. The molecule has 1 amide bonds. The fourth-order valence-corrected chi connectivity index (χ4v) is 3.35. The maximum atomic E-state index is 12.6. The highest BCUT2D eigenvalue weighted by atomic mass is 16.2. The van der Waals surface area contributed by atoms with Crippen molar-refractivity contribution in [1.82, 2.24) is 14.9 Å². The Morgan fingerprint density at radius 1 is 1.08 bits per heavy atom. The Labute approximate surface area is 145 Å². The number of nitrogens with one attached hydrogen (secondary N) is 1. The van der Waals surface area contributed by atoms with E-state index < -0.39 is 0 Å². The Balaban J connectivity index is 1.83. The van der Waals surface area contributed by atoms with E-state index in [1.54, 1.807) is 0 Å². The molecule has 0 bridgehead atoms. The standard InChI is InChI=1S/C20H19N3O2/c1-2-3-11-23-12-15-13(7-6-8-14(15)20(23)25)18-19(24)22-17-10-5-4-9-16(17)21-18/h4-10H,2-3,11-12H2,1H3,(H,22,24). The Morgan fingerprint density at radius 2 is 1.88 bits per heavy atom. The number of unbranched alkanes of at least 4 members (excludes halogenated alkanes) is 1. The molecule has 0 spiro atoms. The van der Waals surface area contributed by atoms with E-state index in [1.807, 2.05) is 47.4 Å². The molecule has 0 aliphatic carbocycles. The maximum absolute atomic E-state index is 12.6. The molecular formula is C20H19N3O2. The van der Waals surface area contributed by atoms with E-state index >= 15 is 0 Å². The lowest BCUT2D eigenvalue weighted by Gasteiger charge is -2.14. The minimum Gasteiger partial charge on any atom is -0.334 e. The number of carbonyl (C=O) groups excluding carboxylic acids is 1. The Kier molecular flexibility index (Phi) is 3.84. The van der Waals surface area contributed by atoms with Crippen molar-refractivity contribution in [3.05, 3.63) is 63.9 Å². The van der Waals surface area contributed by atoms with Crippen LogP contribution in [0.15, 0.2) is 47.3 Å². The van der Waals surface area contributed by atoms with Crippen LogP contribution >= 0.6 is 0 Å². The van der Waals surface area contributed by atoms with Gasteiger partial charge in [0.05, 0.1) is 11.0 Å². The number of aromatic nitrogens is 2. The van der Waals surface area contributed by atoms with Crippen molar-refractivity contribution in [1.29, 1.82) is 0 Å². The van der Waals surface area contributed by atoms with Crippen molar-refractivity contribution < 1.29 is 4.79 Å². The van der Waals surface area contributed by atoms with Gasteiger partial charge in [-0.05, 0) is 30.2 Å². The lowest BCUT2D eigenvalue weighted by molar-refractivity contribution is 0.0776. The highest BCUT2D eigenvalue weighted by molar-refractivity contribution is 6.00. The van der Waals surface area contributed by atoms with Gasteiger partial charge in [-0.25, -0.2) is 4.98 Å². The number of nitrogens with zero attached hydrogens (tertiary/aromatic N) is 2. The SMILES string of the molecule is CCCCN1Cc2c(cccc2-c2nc3ccccc3[nH]c2=O)C1=O. The maximum Gasteiger partial charge on any atom is 0.274 e. The number of hydrogen-bond donors (Lipinski definition) is 1. The lowest BCUT2D eigenvalue weighted by atomic mass is 10.0. The van der Waals surface area contributed by atoms with Gasteiger partial charge in [0, 0.05) is 24.2 Å². The number of aromatic amines is 1. The number of benzene rings is 2. The summed E-state index contributed by atoms with van der Waals surface area (Å²) in [6.07, 6.45) is 2.02. The van der Waals surface area contributed by atoms with Gasteiger partial charge in [-0.2, -0.15) is 0 Å². The molecule has 1 N–H and O–H groups in total. The first kappa shape index (κ1) is 15.6. The Hall–Kier alpha value is -2.95. The van der Waals surface area contributed by atoms with Gasteiger partial charge in [0.1, 0.15) is 5.69 Å². The zero-order valence-electron chi connectivity index (χ0n) is 14.1. The summed E-state index contributed by atoms with van der Waals surface area (Å²) in [6, 6.07) is 13.0. The third-order valence-electron chi connectivity index (χ3n) is 4.68. The van der Waals surface area contributed by atoms with Gasteiger partial charge in [-0.15, -0.1) is 0 Å². The lowest BCUT2D eigenvalue weighted by Crippen LogP contribution is -2.24. The van der Waals surface area contributed by atoms with Crippen LogP contribution in [0, 0.1) is 0 Å². The molecule has 0 radical (unpaired) electrons. The average molecular weight is 333 g/mol. The molecule has 126 valence electrons. The quantitative estimate of drug-likeness (QED) is 0.796. The highest BCUT2D eigenvalue weighted by Crippen LogP contribution is 2.31. The van der Waals surface area contributed by atoms with Gasteiger partial charge < -0.3 is 9.88 Å². The van der Waals surface area contributed by atoms with Crippen LogP contribution < -0.4 is 5.56 Å². The molecule has 5 nitrogen and oxygen atoms in total. The number of H-pyrrole nitrogens is 1. The molecule has 0 atom stereocenters. The van der Waals surface area contributed by atoms with E-state index in [0.29, 0.717) is 23.3 Å². The summed E-state index contributed by atoms with van der Waals surface area (Å²) in [7, 11) is 0. The Morgan fingerprint density at radius 3 is 2.72 bits per heavy atom. The van der Waals surface area contributed by atoms with Crippen LogP contribution in [0.2, 0.25) is 0 Å². The summed E-state index contributed by atoms with van der Waals surface area (Å²) >= 11 is 0. The Bertz CT molecular complexity index is 1020. The van der Waals surface area contributed by atoms with Gasteiger partial charge in [-0.1, -0.05) is 37.6 Å². The fraction of sp³-hybridized carbons (Fsp3) is 0.250. The zero-order chi connectivity index (χ0) is 17.4. The summed E-state index contributed by atoms with van der Waals surface area (Å²) in [6.45, 7) is 3.39. The fourth-order valence-electron chi connectivity index (χ4n) is 3.35. The van der Waals surface area contributed by atoms with E-state index in [9.17, 15) is 9.59 Å². The average Bonchev–Trinajstić information content (AvgIpc) is 2.95. The second kappa shape index (κ2) is 6.16. The molecule has 1 aromatic heterocycles. The molecule has 3 aromatic rings. The first-order valence-electron chi connectivity index (χ1n) is 8.59. The number of amides is 1. The second-order valence-electron chi connectivity index (χ2n) is 6.34. The number of para-hydroxylation sites is 2. The van der Waals surface area contributed by atoms with Crippen LogP contribution in [0.4, 0.5) is 0 Å². The van der Waals surface area contributed by atoms with Gasteiger partial charge >= 0.3 is 0 Å². The summed E-state index contributed by atoms with van der Waals surface area (Å²) in [5.74, 6) is 0.0440. The molecule has 4 rings (SSSR count). The minimum absolute atomic E-state index is 0.0440. The van der Waals surface area contributed by atoms with Gasteiger partial charge in [0.15, 0.2) is 0 Å². The molecule has 0 saturated heterocycles. The summed E-state index contributed by atoms with van der Waals surface area (Å²) in [5, 5.41) is 0. The zero-order valence-corrected chi connectivity index (χ0v) is 14.1. The molecule has 5 heteroatoms. The highest BCUT2D eigenvalue weighted by Gasteiger charge is 2.29. The van der Waals surface area contributed by atoms with Crippen LogP contribution in [0.5, 0.6) is 0 Å². The number of rotatable bonds is 4. The van der Waals surface area contributed by atoms with Crippen LogP contribution in [0.1, 0.15) is 35.7 Å². The van der Waals surface area contributed by atoms with Gasteiger partial charge in [0.2, 0.25) is 0 Å². The van der Waals surface area contributed by atoms with E-state index in [0.717, 1.165) is 36.0 Å². The molecule has 2 heterocycles. The van der Waals surface area contributed by atoms with Crippen molar-refractivity contribution in [2.75, 3.05) is 6.54 Å². The van der Waals surface area contributed by atoms with Crippen LogP contribution in [0.25, 0.3) is 22.3 Å². The van der Waals surface area contributed by atoms with E-state index in [4.69, 9.17) is 0 Å². The molecule has 2 aromatic carbocycles. The molecule has 0 fully saturated rings. The van der Waals surface area contributed by atoms with Gasteiger partial charge in [0.25, 0.3) is 11.5 Å². The van der Waals surface area contributed by atoms with E-state index in [-0.39, 0.29) is 11.5 Å². The van der Waals surface area contributed by atoms with Crippen LogP contribution in [-0.2, 0) is 6.54 Å². The predicted octanol–water partition coefficient (Wildman–Crippen LogP) is 3.35. The number of carbonyl (C=O) groups is 1. The van der Waals surface area contributed by atoms with Crippen LogP contribution in [-0.4, -0.2) is 27.3 Å².